The molecule has 3 nitrogen and oxygen atoms in total. The number of aryl methyl sites for hydroxylation is 1. The minimum Gasteiger partial charge on any atom is -0.398 e. The quantitative estimate of drug-likeness (QED) is 0.796. The fourth-order valence-corrected chi connectivity index (χ4v) is 2.30. The summed E-state index contributed by atoms with van der Waals surface area (Å²) in [5.41, 5.74) is 10.0. The first-order valence-electron chi connectivity index (χ1n) is 6.18. The summed E-state index contributed by atoms with van der Waals surface area (Å²) in [7, 11) is 0. The molecule has 0 spiro atoms. The fraction of sp³-hybridized carbons (Fsp3) is 0.500. The first kappa shape index (κ1) is 12.0. The van der Waals surface area contributed by atoms with Crippen LogP contribution in [0.4, 0.5) is 11.4 Å². The largest absolute Gasteiger partial charge is 0.398 e. The average Bonchev–Trinajstić information content (AvgIpc) is 2.60. The Kier molecular flexibility index (Phi) is 3.09. The van der Waals surface area contributed by atoms with Crippen molar-refractivity contribution in [3.8, 4) is 0 Å². The van der Waals surface area contributed by atoms with Crippen LogP contribution in [-0.4, -0.2) is 12.5 Å². The average molecular weight is 232 g/mol. The van der Waals surface area contributed by atoms with Crippen LogP contribution in [0, 0.1) is 12.8 Å². The zero-order valence-corrected chi connectivity index (χ0v) is 10.8. The van der Waals surface area contributed by atoms with E-state index < -0.39 is 0 Å². The summed E-state index contributed by atoms with van der Waals surface area (Å²) in [6.45, 7) is 6.94. The Morgan fingerprint density at radius 1 is 1.47 bits per heavy atom. The maximum Gasteiger partial charge on any atom is 0.227 e. The molecule has 0 fully saturated rings. The lowest BCUT2D eigenvalue weighted by Gasteiger charge is -2.19. The molecule has 1 aliphatic heterocycles. The van der Waals surface area contributed by atoms with E-state index in [2.05, 4.69) is 19.9 Å². The summed E-state index contributed by atoms with van der Waals surface area (Å²) in [6, 6.07) is 4.04. The topological polar surface area (TPSA) is 46.3 Å². The van der Waals surface area contributed by atoms with E-state index in [-0.39, 0.29) is 5.91 Å². The molecule has 0 saturated heterocycles. The monoisotopic (exact) mass is 232 g/mol. The highest BCUT2D eigenvalue weighted by Gasteiger charge is 2.25. The lowest BCUT2D eigenvalue weighted by Crippen LogP contribution is -2.29. The molecule has 0 saturated carbocycles. The van der Waals surface area contributed by atoms with E-state index >= 15 is 0 Å². The Labute approximate surface area is 103 Å². The van der Waals surface area contributed by atoms with Crippen LogP contribution in [-0.2, 0) is 11.2 Å². The number of carbonyl (C=O) groups excluding carboxylic acids is 1. The highest BCUT2D eigenvalue weighted by atomic mass is 16.2. The zero-order chi connectivity index (χ0) is 12.6. The Balaban J connectivity index is 2.27. The van der Waals surface area contributed by atoms with Gasteiger partial charge in [-0.25, -0.2) is 0 Å². The lowest BCUT2D eigenvalue weighted by atomic mass is 10.1. The van der Waals surface area contributed by atoms with Crippen molar-refractivity contribution in [2.45, 2.75) is 33.6 Å². The van der Waals surface area contributed by atoms with Gasteiger partial charge in [-0.05, 0) is 36.5 Å². The van der Waals surface area contributed by atoms with E-state index in [1.54, 1.807) is 0 Å². The summed E-state index contributed by atoms with van der Waals surface area (Å²) in [5.74, 6) is 0.608. The highest BCUT2D eigenvalue weighted by molar-refractivity contribution is 5.96. The third kappa shape index (κ3) is 2.28. The standard InChI is InChI=1S/C14H20N2O/c1-9(2)6-14(17)16-5-4-11-7-10(3)12(15)8-13(11)16/h7-9H,4-6,15H2,1-3H3. The van der Waals surface area contributed by atoms with Gasteiger partial charge in [0.25, 0.3) is 0 Å². The van der Waals surface area contributed by atoms with Crippen LogP contribution in [0.25, 0.3) is 0 Å². The molecular weight excluding hydrogens is 212 g/mol. The first-order valence-corrected chi connectivity index (χ1v) is 6.18. The number of nitrogen functional groups attached to an aromatic ring is 1. The molecule has 2 N–H and O–H groups in total. The van der Waals surface area contributed by atoms with Gasteiger partial charge in [0.2, 0.25) is 5.91 Å². The Morgan fingerprint density at radius 3 is 2.82 bits per heavy atom. The number of fused-ring (bicyclic) bond motifs is 1. The molecule has 3 heteroatoms. The van der Waals surface area contributed by atoms with E-state index in [0.717, 1.165) is 29.9 Å². The number of anilines is 2. The number of hydrogen-bond acceptors (Lipinski definition) is 2. The van der Waals surface area contributed by atoms with Crippen molar-refractivity contribution in [2.75, 3.05) is 17.2 Å². The Bertz CT molecular complexity index is 452. The molecule has 1 heterocycles. The molecule has 92 valence electrons. The van der Waals surface area contributed by atoms with Gasteiger partial charge < -0.3 is 10.6 Å². The molecule has 0 unspecified atom stereocenters. The Hall–Kier alpha value is -1.51. The fourth-order valence-electron chi connectivity index (χ4n) is 2.30. The van der Waals surface area contributed by atoms with Crippen molar-refractivity contribution in [3.63, 3.8) is 0 Å². The van der Waals surface area contributed by atoms with Crippen molar-refractivity contribution < 1.29 is 4.79 Å². The molecule has 1 aromatic carbocycles. The second-order valence-corrected chi connectivity index (χ2v) is 5.23. The SMILES string of the molecule is Cc1cc2c(cc1N)N(C(=O)CC(C)C)CC2. The second kappa shape index (κ2) is 4.40. The van der Waals surface area contributed by atoms with E-state index in [1.807, 2.05) is 17.9 Å². The van der Waals surface area contributed by atoms with Gasteiger partial charge in [-0.2, -0.15) is 0 Å². The predicted octanol–water partition coefficient (Wildman–Crippen LogP) is 2.51. The van der Waals surface area contributed by atoms with Gasteiger partial charge in [0.05, 0.1) is 0 Å². The minimum absolute atomic E-state index is 0.210. The Morgan fingerprint density at radius 2 is 2.18 bits per heavy atom. The van der Waals surface area contributed by atoms with E-state index in [9.17, 15) is 4.79 Å². The third-order valence-electron chi connectivity index (χ3n) is 3.25. The van der Waals surface area contributed by atoms with Crippen LogP contribution in [0.2, 0.25) is 0 Å². The normalized spacial score (nSPS) is 14.2. The number of rotatable bonds is 2. The smallest absolute Gasteiger partial charge is 0.227 e. The summed E-state index contributed by atoms with van der Waals surface area (Å²) >= 11 is 0. The minimum atomic E-state index is 0.210. The number of benzene rings is 1. The summed E-state index contributed by atoms with van der Waals surface area (Å²) in [5, 5.41) is 0. The predicted molar refractivity (Wildman–Crippen MR) is 71.1 cm³/mol. The number of nitrogens with two attached hydrogens (primary N) is 1. The van der Waals surface area contributed by atoms with Crippen molar-refractivity contribution in [2.24, 2.45) is 5.92 Å². The molecule has 0 bridgehead atoms. The van der Waals surface area contributed by atoms with Gasteiger partial charge in [0.1, 0.15) is 0 Å². The van der Waals surface area contributed by atoms with Crippen molar-refractivity contribution in [1.82, 2.24) is 0 Å². The highest BCUT2D eigenvalue weighted by Crippen LogP contribution is 2.32. The van der Waals surface area contributed by atoms with Crippen LogP contribution in [0.1, 0.15) is 31.4 Å². The van der Waals surface area contributed by atoms with Gasteiger partial charge in [-0.1, -0.05) is 19.9 Å². The molecule has 1 aromatic rings. The van der Waals surface area contributed by atoms with Gasteiger partial charge in [-0.3, -0.25) is 4.79 Å². The van der Waals surface area contributed by atoms with Crippen LogP contribution < -0.4 is 10.6 Å². The van der Waals surface area contributed by atoms with Gasteiger partial charge in [-0.15, -0.1) is 0 Å². The van der Waals surface area contributed by atoms with Gasteiger partial charge in [0.15, 0.2) is 0 Å². The molecule has 0 radical (unpaired) electrons. The molecule has 1 amide bonds. The van der Waals surface area contributed by atoms with Crippen molar-refractivity contribution in [3.05, 3.63) is 23.3 Å². The lowest BCUT2D eigenvalue weighted by molar-refractivity contribution is -0.119. The second-order valence-electron chi connectivity index (χ2n) is 5.23. The van der Waals surface area contributed by atoms with Crippen LogP contribution in [0.15, 0.2) is 12.1 Å². The first-order chi connectivity index (χ1) is 7.99. The van der Waals surface area contributed by atoms with Crippen LogP contribution in [0.5, 0.6) is 0 Å². The maximum absolute atomic E-state index is 12.1. The molecule has 0 aromatic heterocycles. The van der Waals surface area contributed by atoms with Crippen LogP contribution >= 0.6 is 0 Å². The number of carbonyl (C=O) groups is 1. The maximum atomic E-state index is 12.1. The molecule has 0 atom stereocenters. The number of hydrogen-bond donors (Lipinski definition) is 1. The molecular formula is C14H20N2O. The molecule has 2 rings (SSSR count). The van der Waals surface area contributed by atoms with Crippen LogP contribution in [0.3, 0.4) is 0 Å². The van der Waals surface area contributed by atoms with Gasteiger partial charge >= 0.3 is 0 Å². The van der Waals surface area contributed by atoms with E-state index in [4.69, 9.17) is 5.73 Å². The van der Waals surface area contributed by atoms with E-state index in [1.165, 1.54) is 5.56 Å². The third-order valence-corrected chi connectivity index (χ3v) is 3.25. The van der Waals surface area contributed by atoms with Crippen molar-refractivity contribution in [1.29, 1.82) is 0 Å². The summed E-state index contributed by atoms with van der Waals surface area (Å²) in [6.07, 6.45) is 1.55. The molecule has 0 aliphatic carbocycles. The molecule has 1 aliphatic rings. The van der Waals surface area contributed by atoms with E-state index in [0.29, 0.717) is 12.3 Å². The summed E-state index contributed by atoms with van der Waals surface area (Å²) in [4.78, 5) is 14.0. The zero-order valence-electron chi connectivity index (χ0n) is 10.8. The van der Waals surface area contributed by atoms with Gasteiger partial charge in [0, 0.05) is 24.3 Å². The summed E-state index contributed by atoms with van der Waals surface area (Å²) < 4.78 is 0. The van der Waals surface area contributed by atoms with Crippen molar-refractivity contribution >= 4 is 17.3 Å². The number of nitrogens with zero attached hydrogens (tertiary/aromatic N) is 1. The molecule has 17 heavy (non-hydrogen) atoms. The number of amides is 1.